The lowest BCUT2D eigenvalue weighted by Crippen LogP contribution is -2.15. The topological polar surface area (TPSA) is 83.0 Å². The number of hydrogen-bond acceptors (Lipinski definition) is 5. The number of primary amides is 1. The minimum Gasteiger partial charge on any atom is -0.482 e. The summed E-state index contributed by atoms with van der Waals surface area (Å²) in [6.45, 7) is 10.3. The first-order valence-corrected chi connectivity index (χ1v) is 8.60. The summed E-state index contributed by atoms with van der Waals surface area (Å²) in [6.07, 6.45) is 1.46. The lowest BCUT2D eigenvalue weighted by atomic mass is 10.1. The van der Waals surface area contributed by atoms with E-state index in [1.54, 1.807) is 6.08 Å². The van der Waals surface area contributed by atoms with E-state index in [-0.39, 0.29) is 11.9 Å². The van der Waals surface area contributed by atoms with Crippen LogP contribution in [0.15, 0.2) is 36.0 Å². The Kier molecular flexibility index (Phi) is 6.03. The maximum absolute atomic E-state index is 11.0. The predicted molar refractivity (Wildman–Crippen MR) is 95.1 cm³/mol. The highest BCUT2D eigenvalue weighted by atomic mass is 32.2. The standard InChI is InChI=1S/C17H22N4O2S/c1-5-8-21-16(19-20-17(21)24-10-15(18)22)13(4)23-14-7-6-11(2)9-12(14)3/h5-7,9,13H,1,8,10H2,2-4H3,(H2,18,22). The van der Waals surface area contributed by atoms with Crippen molar-refractivity contribution < 1.29 is 9.53 Å². The van der Waals surface area contributed by atoms with Gasteiger partial charge in [-0.3, -0.25) is 9.36 Å². The number of ether oxygens (including phenoxy) is 1. The second-order valence-corrected chi connectivity index (χ2v) is 6.47. The zero-order chi connectivity index (χ0) is 17.7. The molecule has 2 N–H and O–H groups in total. The van der Waals surface area contributed by atoms with Crippen molar-refractivity contribution in [2.45, 2.75) is 38.6 Å². The van der Waals surface area contributed by atoms with Crippen molar-refractivity contribution in [3.63, 3.8) is 0 Å². The Labute approximate surface area is 146 Å². The summed E-state index contributed by atoms with van der Waals surface area (Å²) in [6, 6.07) is 6.04. The summed E-state index contributed by atoms with van der Waals surface area (Å²) < 4.78 is 7.94. The molecule has 2 rings (SSSR count). The minimum atomic E-state index is -0.394. The van der Waals surface area contributed by atoms with Gasteiger partial charge in [0.1, 0.15) is 5.75 Å². The number of allylic oxidation sites excluding steroid dienone is 1. The van der Waals surface area contributed by atoms with Crippen LogP contribution in [0.5, 0.6) is 5.75 Å². The average molecular weight is 346 g/mol. The molecule has 1 atom stereocenters. The fourth-order valence-corrected chi connectivity index (χ4v) is 3.01. The first-order chi connectivity index (χ1) is 11.4. The first kappa shape index (κ1) is 18.1. The van der Waals surface area contributed by atoms with Gasteiger partial charge in [-0.25, -0.2) is 0 Å². The van der Waals surface area contributed by atoms with E-state index in [0.29, 0.717) is 17.5 Å². The van der Waals surface area contributed by atoms with Crippen LogP contribution in [0.1, 0.15) is 30.0 Å². The van der Waals surface area contributed by atoms with Gasteiger partial charge >= 0.3 is 0 Å². The van der Waals surface area contributed by atoms with Crippen LogP contribution in [0, 0.1) is 13.8 Å². The summed E-state index contributed by atoms with van der Waals surface area (Å²) in [4.78, 5) is 11.0. The molecule has 7 heteroatoms. The van der Waals surface area contributed by atoms with Crippen molar-refractivity contribution in [3.05, 3.63) is 47.8 Å². The van der Waals surface area contributed by atoms with Gasteiger partial charge in [0.2, 0.25) is 5.91 Å². The maximum Gasteiger partial charge on any atom is 0.227 e. The van der Waals surface area contributed by atoms with Gasteiger partial charge in [-0.1, -0.05) is 35.5 Å². The molecule has 2 aromatic rings. The number of benzene rings is 1. The molecule has 0 fully saturated rings. The molecule has 6 nitrogen and oxygen atoms in total. The fraction of sp³-hybridized carbons (Fsp3) is 0.353. The molecule has 24 heavy (non-hydrogen) atoms. The van der Waals surface area contributed by atoms with E-state index in [1.165, 1.54) is 17.3 Å². The molecule has 0 saturated heterocycles. The van der Waals surface area contributed by atoms with Crippen LogP contribution in [0.4, 0.5) is 0 Å². The van der Waals surface area contributed by atoms with Crippen LogP contribution in [-0.2, 0) is 11.3 Å². The fourth-order valence-electron chi connectivity index (χ4n) is 2.32. The number of thioether (sulfide) groups is 1. The average Bonchev–Trinajstić information content (AvgIpc) is 2.91. The number of nitrogens with zero attached hydrogens (tertiary/aromatic N) is 3. The third-order valence-electron chi connectivity index (χ3n) is 3.40. The van der Waals surface area contributed by atoms with Gasteiger partial charge in [-0.15, -0.1) is 16.8 Å². The van der Waals surface area contributed by atoms with Crippen LogP contribution in [-0.4, -0.2) is 26.4 Å². The summed E-state index contributed by atoms with van der Waals surface area (Å²) in [5.41, 5.74) is 7.46. The van der Waals surface area contributed by atoms with E-state index < -0.39 is 5.91 Å². The molecular formula is C17H22N4O2S. The van der Waals surface area contributed by atoms with E-state index in [4.69, 9.17) is 10.5 Å². The molecule has 1 aromatic heterocycles. The lowest BCUT2D eigenvalue weighted by molar-refractivity contribution is -0.115. The predicted octanol–water partition coefficient (Wildman–Crippen LogP) is 2.80. The number of amides is 1. The van der Waals surface area contributed by atoms with E-state index in [9.17, 15) is 4.79 Å². The number of rotatable bonds is 8. The first-order valence-electron chi connectivity index (χ1n) is 7.61. The molecule has 1 heterocycles. The van der Waals surface area contributed by atoms with Crippen LogP contribution in [0.25, 0.3) is 0 Å². The Morgan fingerprint density at radius 2 is 2.21 bits per heavy atom. The molecule has 0 radical (unpaired) electrons. The molecule has 0 aliphatic heterocycles. The summed E-state index contributed by atoms with van der Waals surface area (Å²) in [7, 11) is 0. The summed E-state index contributed by atoms with van der Waals surface area (Å²) >= 11 is 1.26. The van der Waals surface area contributed by atoms with Crippen LogP contribution in [0.3, 0.4) is 0 Å². The molecule has 1 amide bonds. The highest BCUT2D eigenvalue weighted by Crippen LogP contribution is 2.27. The van der Waals surface area contributed by atoms with Crippen molar-refractivity contribution in [3.8, 4) is 5.75 Å². The van der Waals surface area contributed by atoms with Crippen molar-refractivity contribution in [2.75, 3.05) is 5.75 Å². The Morgan fingerprint density at radius 1 is 1.46 bits per heavy atom. The zero-order valence-electron chi connectivity index (χ0n) is 14.2. The second-order valence-electron chi connectivity index (χ2n) is 5.52. The van der Waals surface area contributed by atoms with Crippen molar-refractivity contribution >= 4 is 17.7 Å². The molecule has 0 spiro atoms. The van der Waals surface area contributed by atoms with Gasteiger partial charge in [-0.05, 0) is 32.4 Å². The van der Waals surface area contributed by atoms with E-state index in [2.05, 4.69) is 22.8 Å². The lowest BCUT2D eigenvalue weighted by Gasteiger charge is -2.17. The zero-order valence-corrected chi connectivity index (χ0v) is 15.0. The van der Waals surface area contributed by atoms with Gasteiger partial charge in [0, 0.05) is 6.54 Å². The van der Waals surface area contributed by atoms with Gasteiger partial charge in [0.05, 0.1) is 5.75 Å². The summed E-state index contributed by atoms with van der Waals surface area (Å²) in [5, 5.41) is 8.99. The largest absolute Gasteiger partial charge is 0.482 e. The SMILES string of the molecule is C=CCn1c(SCC(N)=O)nnc1C(C)Oc1ccc(C)cc1C. The normalized spacial score (nSPS) is 12.0. The monoisotopic (exact) mass is 346 g/mol. The van der Waals surface area contributed by atoms with Crippen LogP contribution in [0.2, 0.25) is 0 Å². The van der Waals surface area contributed by atoms with Gasteiger partial charge in [0.25, 0.3) is 0 Å². The molecule has 1 unspecified atom stereocenters. The Bertz CT molecular complexity index is 742. The number of carbonyl (C=O) groups excluding carboxylic acids is 1. The molecule has 128 valence electrons. The number of nitrogens with two attached hydrogens (primary N) is 1. The summed E-state index contributed by atoms with van der Waals surface area (Å²) in [5.74, 6) is 1.26. The molecule has 0 aliphatic carbocycles. The maximum atomic E-state index is 11.0. The molecule has 0 aliphatic rings. The number of carbonyl (C=O) groups is 1. The number of hydrogen-bond donors (Lipinski definition) is 1. The highest BCUT2D eigenvalue weighted by molar-refractivity contribution is 7.99. The quantitative estimate of drug-likeness (QED) is 0.587. The van der Waals surface area contributed by atoms with Crippen LogP contribution < -0.4 is 10.5 Å². The minimum absolute atomic E-state index is 0.154. The third-order valence-corrected chi connectivity index (χ3v) is 4.39. The van der Waals surface area contributed by atoms with Crippen molar-refractivity contribution in [2.24, 2.45) is 5.73 Å². The van der Waals surface area contributed by atoms with Crippen molar-refractivity contribution in [1.82, 2.24) is 14.8 Å². The Morgan fingerprint density at radius 3 is 2.83 bits per heavy atom. The Balaban J connectivity index is 2.22. The third kappa shape index (κ3) is 4.38. The molecular weight excluding hydrogens is 324 g/mol. The number of aryl methyl sites for hydroxylation is 2. The molecule has 0 bridgehead atoms. The van der Waals surface area contributed by atoms with Gasteiger partial charge in [0.15, 0.2) is 17.1 Å². The van der Waals surface area contributed by atoms with E-state index >= 15 is 0 Å². The smallest absolute Gasteiger partial charge is 0.227 e. The van der Waals surface area contributed by atoms with Crippen molar-refractivity contribution in [1.29, 1.82) is 0 Å². The molecule has 0 saturated carbocycles. The Hall–Kier alpha value is -2.28. The van der Waals surface area contributed by atoms with E-state index in [1.807, 2.05) is 37.5 Å². The van der Waals surface area contributed by atoms with E-state index in [0.717, 1.165) is 11.3 Å². The highest BCUT2D eigenvalue weighted by Gasteiger charge is 2.20. The van der Waals surface area contributed by atoms with Crippen LogP contribution >= 0.6 is 11.8 Å². The second kappa shape index (κ2) is 8.01. The van der Waals surface area contributed by atoms with Gasteiger partial charge in [-0.2, -0.15) is 0 Å². The molecule has 1 aromatic carbocycles. The van der Waals surface area contributed by atoms with Gasteiger partial charge < -0.3 is 10.5 Å². The number of aromatic nitrogens is 3.